The summed E-state index contributed by atoms with van der Waals surface area (Å²) in [6, 6.07) is 56.3. The quantitative estimate of drug-likeness (QED) is 0.121. The van der Waals surface area contributed by atoms with Crippen molar-refractivity contribution in [2.75, 3.05) is 0 Å². The lowest BCUT2D eigenvalue weighted by Crippen LogP contribution is -2.98. The zero-order chi connectivity index (χ0) is 30.1. The smallest absolute Gasteiger partial charge is 0.165 e. The Morgan fingerprint density at radius 1 is 0.286 bits per heavy atom. The summed E-state index contributed by atoms with van der Waals surface area (Å²) in [5.74, 6) is 0. The molecular weight excluding hydrogens is 632 g/mol. The Hall–Kier alpha value is -2.24. The maximum absolute atomic E-state index is 8.36. The Kier molecular flexibility index (Phi) is 8.94. The number of hydrogen-bond acceptors (Lipinski definition) is 0. The molecule has 0 bridgehead atoms. The van der Waals surface area contributed by atoms with Crippen LogP contribution in [-0.4, -0.2) is 35.1 Å². The average Bonchev–Trinajstić information content (AvgIpc) is 3.05. The highest BCUT2D eigenvalue weighted by Gasteiger charge is 2.73. The maximum Gasteiger partial charge on any atom is 0.176 e. The van der Waals surface area contributed by atoms with Crippen LogP contribution < -0.4 is 25.9 Å². The van der Waals surface area contributed by atoms with Gasteiger partial charge in [0, 0.05) is 0 Å². The van der Waals surface area contributed by atoms with Gasteiger partial charge in [0.05, 0.1) is 21.3 Å². The van der Waals surface area contributed by atoms with Gasteiger partial charge in [0.15, 0.2) is 13.8 Å². The molecule has 5 rings (SSSR count). The fourth-order valence-corrected chi connectivity index (χ4v) is 127. The Morgan fingerprint density at radius 2 is 0.476 bits per heavy atom. The third-order valence-electron chi connectivity index (χ3n) is 10.6. The van der Waals surface area contributed by atoms with Crippen molar-refractivity contribution in [3.05, 3.63) is 152 Å². The molecule has 42 heavy (non-hydrogen) atoms. The first-order valence-electron chi connectivity index (χ1n) is 14.7. The molecule has 0 saturated carbocycles. The Labute approximate surface area is 266 Å². The van der Waals surface area contributed by atoms with Gasteiger partial charge in [-0.3, -0.25) is 0 Å². The summed E-state index contributed by atoms with van der Waals surface area (Å²) in [6.07, 6.45) is 0. The van der Waals surface area contributed by atoms with Gasteiger partial charge in [-0.25, -0.2) is 0 Å². The molecule has 0 aliphatic rings. The van der Waals surface area contributed by atoms with E-state index in [1.807, 2.05) is 0 Å². The first kappa shape index (κ1) is 31.2. The first-order valence-corrected chi connectivity index (χ1v) is 33.2. The van der Waals surface area contributed by atoms with Crippen LogP contribution in [0.15, 0.2) is 152 Å². The largest absolute Gasteiger partial charge is 0.176 e. The summed E-state index contributed by atoms with van der Waals surface area (Å²) >= 11 is 16.7. The summed E-state index contributed by atoms with van der Waals surface area (Å²) in [7, 11) is -7.80. The predicted molar refractivity (Wildman–Crippen MR) is 200 cm³/mol. The molecule has 0 saturated heterocycles. The molecule has 5 aromatic rings. The minimum Gasteiger partial charge on any atom is -0.165 e. The second kappa shape index (κ2) is 12.0. The third kappa shape index (κ3) is 4.74. The summed E-state index contributed by atoms with van der Waals surface area (Å²) in [5.41, 5.74) is 0. The van der Waals surface area contributed by atoms with E-state index in [9.17, 15) is 0 Å². The number of benzene rings is 5. The summed E-state index contributed by atoms with van der Waals surface area (Å²) in [4.78, 5) is 0. The van der Waals surface area contributed by atoms with Gasteiger partial charge in [-0.1, -0.05) is 200 Å². The van der Waals surface area contributed by atoms with E-state index >= 15 is 0 Å². The first-order chi connectivity index (χ1) is 20.0. The fourth-order valence-electron chi connectivity index (χ4n) is 7.53. The fraction of sp³-hybridized carbons (Fsp3) is 0.143. The molecule has 0 heterocycles. The molecule has 0 fully saturated rings. The van der Waals surface area contributed by atoms with Crippen LogP contribution >= 0.6 is 22.2 Å². The van der Waals surface area contributed by atoms with Crippen molar-refractivity contribution in [1.82, 2.24) is 0 Å². The summed E-state index contributed by atoms with van der Waals surface area (Å²) in [5, 5.41) is 7.12. The monoisotopic (exact) mass is 670 g/mol. The van der Waals surface area contributed by atoms with Gasteiger partial charge >= 0.3 is 0 Å². The van der Waals surface area contributed by atoms with E-state index in [1.165, 1.54) is 25.9 Å². The molecule has 5 aromatic carbocycles. The standard InChI is InChI=1S/C35H40Cl2Si5/c1-38(36,31-21-11-6-12-22-31)40(3,33-25-15-8-16-26-33)42(5,35-29-19-10-20-30-35)41(4,34-27-17-9-18-28-34)39(2,37)32-23-13-7-14-24-32/h6-30H,1-5H3. The van der Waals surface area contributed by atoms with Gasteiger partial charge in [0.25, 0.3) is 0 Å². The van der Waals surface area contributed by atoms with E-state index in [-0.39, 0.29) is 0 Å². The van der Waals surface area contributed by atoms with Crippen molar-refractivity contribution in [3.8, 4) is 0 Å². The van der Waals surface area contributed by atoms with E-state index < -0.39 is 35.1 Å². The Balaban J connectivity index is 2.00. The molecule has 0 N–H and O–H groups in total. The second-order valence-electron chi connectivity index (χ2n) is 12.2. The van der Waals surface area contributed by atoms with Crippen molar-refractivity contribution in [3.63, 3.8) is 0 Å². The number of halogens is 2. The van der Waals surface area contributed by atoms with Gasteiger partial charge < -0.3 is 0 Å². The molecule has 0 aliphatic carbocycles. The lowest BCUT2D eigenvalue weighted by Gasteiger charge is -2.61. The molecule has 0 aromatic heterocycles. The van der Waals surface area contributed by atoms with Gasteiger partial charge in [0.2, 0.25) is 0 Å². The van der Waals surface area contributed by atoms with Crippen LogP contribution in [-0.2, 0) is 0 Å². The van der Waals surface area contributed by atoms with Gasteiger partial charge in [-0.2, -0.15) is 22.2 Å². The van der Waals surface area contributed by atoms with Crippen LogP contribution in [0.4, 0.5) is 0 Å². The van der Waals surface area contributed by atoms with Crippen LogP contribution in [0.25, 0.3) is 0 Å². The summed E-state index contributed by atoms with van der Waals surface area (Å²) < 4.78 is 0. The minimum atomic E-state index is -2.64. The van der Waals surface area contributed by atoms with Crippen LogP contribution in [0.2, 0.25) is 32.7 Å². The van der Waals surface area contributed by atoms with Gasteiger partial charge in [-0.15, -0.1) is 0 Å². The Morgan fingerprint density at radius 3 is 0.714 bits per heavy atom. The Bertz CT molecular complexity index is 1500. The van der Waals surface area contributed by atoms with Gasteiger partial charge in [0.1, 0.15) is 0 Å². The third-order valence-corrected chi connectivity index (χ3v) is 98.3. The topological polar surface area (TPSA) is 0 Å². The normalized spacial score (nSPS) is 18.8. The second-order valence-corrected chi connectivity index (χ2v) is 60.8. The van der Waals surface area contributed by atoms with Crippen molar-refractivity contribution in [2.24, 2.45) is 0 Å². The molecule has 0 amide bonds. The maximum atomic E-state index is 8.36. The van der Waals surface area contributed by atoms with Crippen molar-refractivity contribution in [2.45, 2.75) is 32.7 Å². The van der Waals surface area contributed by atoms with E-state index in [0.29, 0.717) is 0 Å². The van der Waals surface area contributed by atoms with E-state index in [0.717, 1.165) is 0 Å². The lowest BCUT2D eigenvalue weighted by molar-refractivity contribution is 1.70. The van der Waals surface area contributed by atoms with Crippen LogP contribution in [0, 0.1) is 0 Å². The summed E-state index contributed by atoms with van der Waals surface area (Å²) in [6.45, 7) is 7.65. The molecule has 214 valence electrons. The predicted octanol–water partition coefficient (Wildman–Crippen LogP) is 6.70. The highest BCUT2D eigenvalue weighted by molar-refractivity contribution is 8.05. The van der Waals surface area contributed by atoms with E-state index in [2.05, 4.69) is 184 Å². The molecule has 0 spiro atoms. The molecule has 0 nitrogen and oxygen atoms in total. The van der Waals surface area contributed by atoms with Crippen LogP contribution in [0.3, 0.4) is 0 Å². The molecule has 4 atom stereocenters. The molecule has 0 radical (unpaired) electrons. The molecule has 0 aliphatic heterocycles. The lowest BCUT2D eigenvalue weighted by atomic mass is 10.4. The van der Waals surface area contributed by atoms with E-state index in [1.54, 1.807) is 0 Å². The number of rotatable bonds is 9. The zero-order valence-corrected chi connectivity index (χ0v) is 31.7. The van der Waals surface area contributed by atoms with Crippen LogP contribution in [0.1, 0.15) is 0 Å². The van der Waals surface area contributed by atoms with Crippen molar-refractivity contribution in [1.29, 1.82) is 0 Å². The average molecular weight is 672 g/mol. The highest BCUT2D eigenvalue weighted by atomic mass is 35.6. The molecule has 7 heteroatoms. The highest BCUT2D eigenvalue weighted by Crippen LogP contribution is 2.41. The molecular formula is C35H40Cl2Si5. The van der Waals surface area contributed by atoms with Crippen LogP contribution in [0.5, 0.6) is 0 Å². The zero-order valence-electron chi connectivity index (χ0n) is 25.2. The van der Waals surface area contributed by atoms with Gasteiger partial charge in [-0.05, 0) is 10.4 Å². The van der Waals surface area contributed by atoms with Crippen molar-refractivity contribution >= 4 is 83.2 Å². The molecule has 4 unspecified atom stereocenters. The number of hydrogen-bond donors (Lipinski definition) is 0. The minimum absolute atomic E-state index is 1.33. The SMILES string of the molecule is C[Si](Cl)(c1ccccc1)[Si](C)(c1ccccc1)[Si](C)(c1ccccc1)[Si](C)(c1ccccc1)[Si](C)(Cl)c1ccccc1. The van der Waals surface area contributed by atoms with E-state index in [4.69, 9.17) is 22.2 Å². The van der Waals surface area contributed by atoms with Crippen molar-refractivity contribution < 1.29 is 0 Å².